The van der Waals surface area contributed by atoms with Crippen LogP contribution in [0.5, 0.6) is 0 Å². The molecule has 7 heteroatoms. The molecule has 0 atom stereocenters. The lowest BCUT2D eigenvalue weighted by Crippen LogP contribution is -2.37. The van der Waals surface area contributed by atoms with Gasteiger partial charge in [0.2, 0.25) is 0 Å². The molecular weight excluding hydrogens is 333 g/mol. The molecule has 0 bridgehead atoms. The Bertz CT molecular complexity index is 673. The molecule has 0 amide bonds. The molecule has 0 saturated carbocycles. The Labute approximate surface area is 154 Å². The highest BCUT2D eigenvalue weighted by atomic mass is 19.1. The molecular formula is C19H28FN5O. The second-order valence-electron chi connectivity index (χ2n) is 5.93. The van der Waals surface area contributed by atoms with E-state index in [0.29, 0.717) is 18.2 Å². The van der Waals surface area contributed by atoms with E-state index in [-0.39, 0.29) is 5.82 Å². The number of hydrogen-bond donors (Lipinski definition) is 2. The SMILES string of the molecule is CCCCOCCCNC(=NC)NCc1ccc(-n2ccnc2)c(F)c1. The van der Waals surface area contributed by atoms with E-state index in [1.54, 1.807) is 36.4 Å². The first-order valence-corrected chi connectivity index (χ1v) is 9.03. The third-order valence-corrected chi connectivity index (χ3v) is 3.88. The van der Waals surface area contributed by atoms with Crippen LogP contribution in [0.1, 0.15) is 31.7 Å². The first kappa shape index (κ1) is 19.9. The van der Waals surface area contributed by atoms with Crippen molar-refractivity contribution in [3.63, 3.8) is 0 Å². The van der Waals surface area contributed by atoms with E-state index in [2.05, 4.69) is 27.5 Å². The predicted octanol–water partition coefficient (Wildman–Crippen LogP) is 2.88. The lowest BCUT2D eigenvalue weighted by atomic mass is 10.2. The molecule has 0 aliphatic rings. The zero-order valence-electron chi connectivity index (χ0n) is 15.5. The molecule has 26 heavy (non-hydrogen) atoms. The van der Waals surface area contributed by atoms with E-state index < -0.39 is 0 Å². The lowest BCUT2D eigenvalue weighted by molar-refractivity contribution is 0.129. The molecule has 0 unspecified atom stereocenters. The zero-order chi connectivity index (χ0) is 18.6. The fourth-order valence-corrected chi connectivity index (χ4v) is 2.41. The van der Waals surface area contributed by atoms with Gasteiger partial charge in [-0.05, 0) is 30.5 Å². The molecule has 1 aromatic heterocycles. The van der Waals surface area contributed by atoms with Gasteiger partial charge in [-0.3, -0.25) is 4.99 Å². The minimum atomic E-state index is -0.283. The average Bonchev–Trinajstić information content (AvgIpc) is 3.18. The van der Waals surface area contributed by atoms with Gasteiger partial charge in [0.1, 0.15) is 5.82 Å². The third kappa shape index (κ3) is 6.48. The zero-order valence-corrected chi connectivity index (χ0v) is 15.5. The van der Waals surface area contributed by atoms with Crippen molar-refractivity contribution in [2.75, 3.05) is 26.8 Å². The number of halogens is 1. The molecule has 6 nitrogen and oxygen atoms in total. The van der Waals surface area contributed by atoms with Gasteiger partial charge in [-0.25, -0.2) is 9.37 Å². The van der Waals surface area contributed by atoms with Crippen LogP contribution in [0.2, 0.25) is 0 Å². The molecule has 142 valence electrons. The number of aliphatic imine (C=N–C) groups is 1. The van der Waals surface area contributed by atoms with Gasteiger partial charge >= 0.3 is 0 Å². The Morgan fingerprint density at radius 1 is 1.27 bits per heavy atom. The number of benzene rings is 1. The molecule has 0 aliphatic carbocycles. The molecule has 2 N–H and O–H groups in total. The van der Waals surface area contributed by atoms with Crippen molar-refractivity contribution in [3.8, 4) is 5.69 Å². The first-order chi connectivity index (χ1) is 12.7. The van der Waals surface area contributed by atoms with Gasteiger partial charge < -0.3 is 19.9 Å². The molecule has 0 saturated heterocycles. The maximum atomic E-state index is 14.3. The monoisotopic (exact) mass is 361 g/mol. The highest BCUT2D eigenvalue weighted by Crippen LogP contribution is 2.14. The minimum Gasteiger partial charge on any atom is -0.381 e. The minimum absolute atomic E-state index is 0.283. The standard InChI is InChI=1S/C19H28FN5O/c1-3-4-11-26-12-5-8-23-19(21-2)24-14-16-6-7-18(17(20)13-16)25-10-9-22-15-25/h6-7,9-10,13,15H,3-5,8,11-12,14H2,1-2H3,(H2,21,23,24). The second-order valence-corrected chi connectivity index (χ2v) is 5.93. The third-order valence-electron chi connectivity index (χ3n) is 3.88. The van der Waals surface area contributed by atoms with Gasteiger partial charge in [0.25, 0.3) is 0 Å². The number of unbranched alkanes of at least 4 members (excludes halogenated alkanes) is 1. The van der Waals surface area contributed by atoms with Crippen molar-refractivity contribution in [1.82, 2.24) is 20.2 Å². The van der Waals surface area contributed by atoms with Crippen molar-refractivity contribution in [2.45, 2.75) is 32.7 Å². The van der Waals surface area contributed by atoms with Gasteiger partial charge in [0, 0.05) is 45.7 Å². The summed E-state index contributed by atoms with van der Waals surface area (Å²) in [5.74, 6) is 0.409. The van der Waals surface area contributed by atoms with E-state index >= 15 is 0 Å². The van der Waals surface area contributed by atoms with Crippen LogP contribution in [0, 0.1) is 5.82 Å². The summed E-state index contributed by atoms with van der Waals surface area (Å²) >= 11 is 0. The van der Waals surface area contributed by atoms with Crippen LogP contribution >= 0.6 is 0 Å². The highest BCUT2D eigenvalue weighted by Gasteiger charge is 2.06. The fraction of sp³-hybridized carbons (Fsp3) is 0.474. The molecule has 0 aliphatic heterocycles. The van der Waals surface area contributed by atoms with Crippen molar-refractivity contribution in [3.05, 3.63) is 48.3 Å². The quantitative estimate of drug-likeness (QED) is 0.388. The van der Waals surface area contributed by atoms with Crippen molar-refractivity contribution in [1.29, 1.82) is 0 Å². The number of aromatic nitrogens is 2. The van der Waals surface area contributed by atoms with Crippen LogP contribution in [0.3, 0.4) is 0 Å². The molecule has 2 rings (SSSR count). The summed E-state index contributed by atoms with van der Waals surface area (Å²) in [5, 5.41) is 6.42. The van der Waals surface area contributed by atoms with E-state index in [4.69, 9.17) is 4.74 Å². The summed E-state index contributed by atoms with van der Waals surface area (Å²) in [6.07, 6.45) is 8.09. The smallest absolute Gasteiger partial charge is 0.191 e. The fourth-order valence-electron chi connectivity index (χ4n) is 2.41. The van der Waals surface area contributed by atoms with Gasteiger partial charge in [0.15, 0.2) is 5.96 Å². The number of rotatable bonds is 10. The molecule has 1 aromatic carbocycles. The highest BCUT2D eigenvalue weighted by molar-refractivity contribution is 5.79. The normalized spacial score (nSPS) is 11.6. The van der Waals surface area contributed by atoms with Gasteiger partial charge in [-0.2, -0.15) is 0 Å². The number of nitrogens with zero attached hydrogens (tertiary/aromatic N) is 3. The molecule has 1 heterocycles. The molecule has 0 radical (unpaired) electrons. The van der Waals surface area contributed by atoms with Crippen LogP contribution in [0.25, 0.3) is 5.69 Å². The average molecular weight is 361 g/mol. The second kappa shape index (κ2) is 11.3. The van der Waals surface area contributed by atoms with Gasteiger partial charge in [-0.1, -0.05) is 19.4 Å². The van der Waals surface area contributed by atoms with E-state index in [1.165, 1.54) is 6.07 Å². The molecule has 0 spiro atoms. The number of nitrogens with one attached hydrogen (secondary N) is 2. The predicted molar refractivity (Wildman–Crippen MR) is 102 cm³/mol. The van der Waals surface area contributed by atoms with Crippen molar-refractivity contribution < 1.29 is 9.13 Å². The number of ether oxygens (including phenoxy) is 1. The summed E-state index contributed by atoms with van der Waals surface area (Å²) in [5.41, 5.74) is 1.33. The summed E-state index contributed by atoms with van der Waals surface area (Å²) in [6.45, 7) is 4.99. The van der Waals surface area contributed by atoms with E-state index in [1.807, 2.05) is 6.07 Å². The first-order valence-electron chi connectivity index (χ1n) is 9.03. The van der Waals surface area contributed by atoms with Crippen LogP contribution in [-0.4, -0.2) is 42.3 Å². The van der Waals surface area contributed by atoms with E-state index in [9.17, 15) is 4.39 Å². The largest absolute Gasteiger partial charge is 0.381 e. The molecule has 2 aromatic rings. The Hall–Kier alpha value is -2.41. The summed E-state index contributed by atoms with van der Waals surface area (Å²) < 4.78 is 21.4. The summed E-state index contributed by atoms with van der Waals surface area (Å²) in [6, 6.07) is 5.16. The summed E-state index contributed by atoms with van der Waals surface area (Å²) in [7, 11) is 1.72. The number of imidazole rings is 1. The van der Waals surface area contributed by atoms with Crippen LogP contribution in [0.4, 0.5) is 4.39 Å². The van der Waals surface area contributed by atoms with Gasteiger partial charge in [-0.15, -0.1) is 0 Å². The Morgan fingerprint density at radius 3 is 2.81 bits per heavy atom. The van der Waals surface area contributed by atoms with Crippen LogP contribution in [-0.2, 0) is 11.3 Å². The number of guanidine groups is 1. The molecule has 0 fully saturated rings. The van der Waals surface area contributed by atoms with E-state index in [0.717, 1.165) is 44.6 Å². The van der Waals surface area contributed by atoms with Gasteiger partial charge in [0.05, 0.1) is 12.0 Å². The van der Waals surface area contributed by atoms with Crippen molar-refractivity contribution >= 4 is 5.96 Å². The lowest BCUT2D eigenvalue weighted by Gasteiger charge is -2.13. The topological polar surface area (TPSA) is 63.5 Å². The summed E-state index contributed by atoms with van der Waals surface area (Å²) in [4.78, 5) is 8.12. The van der Waals surface area contributed by atoms with Crippen molar-refractivity contribution in [2.24, 2.45) is 4.99 Å². The maximum absolute atomic E-state index is 14.3. The maximum Gasteiger partial charge on any atom is 0.191 e. The van der Waals surface area contributed by atoms with Crippen LogP contribution < -0.4 is 10.6 Å². The Morgan fingerprint density at radius 2 is 2.12 bits per heavy atom. The Balaban J connectivity index is 1.73. The van der Waals surface area contributed by atoms with Crippen LogP contribution in [0.15, 0.2) is 41.9 Å². The number of hydrogen-bond acceptors (Lipinski definition) is 3. The Kier molecular flexibility index (Phi) is 8.62.